The number of sulfonamides is 1. The molecular formula is C13H22N2O2S. The van der Waals surface area contributed by atoms with E-state index in [0.29, 0.717) is 13.1 Å². The van der Waals surface area contributed by atoms with Gasteiger partial charge in [0.15, 0.2) is 0 Å². The van der Waals surface area contributed by atoms with Crippen LogP contribution in [0.25, 0.3) is 0 Å². The summed E-state index contributed by atoms with van der Waals surface area (Å²) in [6, 6.07) is 7.85. The van der Waals surface area contributed by atoms with E-state index in [-0.39, 0.29) is 5.75 Å². The van der Waals surface area contributed by atoms with Crippen LogP contribution >= 0.6 is 0 Å². The summed E-state index contributed by atoms with van der Waals surface area (Å²) < 4.78 is 25.4. The Bertz CT molecular complexity index is 472. The lowest BCUT2D eigenvalue weighted by atomic mass is 10.1. The molecule has 1 rings (SSSR count). The Labute approximate surface area is 110 Å². The number of rotatable bonds is 7. The van der Waals surface area contributed by atoms with Crippen LogP contribution in [0, 0.1) is 6.92 Å². The van der Waals surface area contributed by atoms with Crippen LogP contribution in [0.3, 0.4) is 0 Å². The zero-order valence-corrected chi connectivity index (χ0v) is 12.1. The van der Waals surface area contributed by atoms with Gasteiger partial charge in [-0.2, -0.15) is 0 Å². The van der Waals surface area contributed by atoms with E-state index in [1.54, 1.807) is 7.05 Å². The van der Waals surface area contributed by atoms with Crippen LogP contribution in [0.2, 0.25) is 0 Å². The quantitative estimate of drug-likeness (QED) is 0.761. The molecule has 0 aliphatic heterocycles. The standard InChI is InChI=1S/C13H22N2O2S/c1-4-14-9-10-18(16,17)15(3)11-13-8-6-5-7-12(13)2/h5-8,14H,4,9-11H2,1-3H3. The van der Waals surface area contributed by atoms with Gasteiger partial charge in [-0.3, -0.25) is 0 Å². The van der Waals surface area contributed by atoms with Crippen LogP contribution in [0.4, 0.5) is 0 Å². The maximum Gasteiger partial charge on any atom is 0.215 e. The molecule has 0 bridgehead atoms. The molecule has 0 spiro atoms. The minimum Gasteiger partial charge on any atom is -0.316 e. The Morgan fingerprint density at radius 1 is 1.28 bits per heavy atom. The molecule has 18 heavy (non-hydrogen) atoms. The molecule has 5 heteroatoms. The smallest absolute Gasteiger partial charge is 0.215 e. The minimum atomic E-state index is -3.18. The predicted molar refractivity (Wildman–Crippen MR) is 75.0 cm³/mol. The average Bonchev–Trinajstić information content (AvgIpc) is 2.32. The zero-order chi connectivity index (χ0) is 13.6. The highest BCUT2D eigenvalue weighted by Gasteiger charge is 2.17. The lowest BCUT2D eigenvalue weighted by Gasteiger charge is -2.18. The Kier molecular flexibility index (Phi) is 5.78. The molecule has 0 unspecified atom stereocenters. The normalized spacial score (nSPS) is 12.0. The van der Waals surface area contributed by atoms with E-state index >= 15 is 0 Å². The van der Waals surface area contributed by atoms with Crippen molar-refractivity contribution in [3.05, 3.63) is 35.4 Å². The van der Waals surface area contributed by atoms with Crippen LogP contribution in [0.15, 0.2) is 24.3 Å². The van der Waals surface area contributed by atoms with Crippen LogP contribution in [-0.2, 0) is 16.6 Å². The Morgan fingerprint density at radius 2 is 1.94 bits per heavy atom. The highest BCUT2D eigenvalue weighted by molar-refractivity contribution is 7.89. The summed E-state index contributed by atoms with van der Waals surface area (Å²) in [5.41, 5.74) is 2.17. The number of hydrogen-bond acceptors (Lipinski definition) is 3. The Morgan fingerprint density at radius 3 is 2.56 bits per heavy atom. The molecule has 0 aliphatic rings. The summed E-state index contributed by atoms with van der Waals surface area (Å²) in [6.07, 6.45) is 0. The third-order valence-electron chi connectivity index (χ3n) is 2.92. The molecule has 0 saturated heterocycles. The molecule has 4 nitrogen and oxygen atoms in total. The van der Waals surface area contributed by atoms with Crippen molar-refractivity contribution >= 4 is 10.0 Å². The van der Waals surface area contributed by atoms with E-state index < -0.39 is 10.0 Å². The Hall–Kier alpha value is -0.910. The molecule has 0 aliphatic carbocycles. The van der Waals surface area contributed by atoms with Crippen molar-refractivity contribution in [3.8, 4) is 0 Å². The van der Waals surface area contributed by atoms with Crippen molar-refractivity contribution in [3.63, 3.8) is 0 Å². The lowest BCUT2D eigenvalue weighted by Crippen LogP contribution is -2.33. The minimum absolute atomic E-state index is 0.142. The molecule has 0 atom stereocenters. The van der Waals surface area contributed by atoms with E-state index in [1.807, 2.05) is 38.1 Å². The SMILES string of the molecule is CCNCCS(=O)(=O)N(C)Cc1ccccc1C. The second-order valence-electron chi connectivity index (χ2n) is 4.35. The van der Waals surface area contributed by atoms with E-state index in [0.717, 1.165) is 17.7 Å². The first-order valence-electron chi connectivity index (χ1n) is 6.16. The molecule has 1 N–H and O–H groups in total. The van der Waals surface area contributed by atoms with Gasteiger partial charge in [-0.25, -0.2) is 12.7 Å². The number of nitrogens with one attached hydrogen (secondary N) is 1. The van der Waals surface area contributed by atoms with Crippen molar-refractivity contribution in [2.24, 2.45) is 0 Å². The van der Waals surface area contributed by atoms with Crippen LogP contribution in [0.5, 0.6) is 0 Å². The number of hydrogen-bond donors (Lipinski definition) is 1. The lowest BCUT2D eigenvalue weighted by molar-refractivity contribution is 0.464. The van der Waals surface area contributed by atoms with E-state index in [9.17, 15) is 8.42 Å². The second kappa shape index (κ2) is 6.87. The fourth-order valence-electron chi connectivity index (χ4n) is 1.66. The molecule has 0 saturated carbocycles. The Balaban J connectivity index is 2.64. The monoisotopic (exact) mass is 270 g/mol. The summed E-state index contributed by atoms with van der Waals surface area (Å²) in [5, 5.41) is 3.03. The molecular weight excluding hydrogens is 248 g/mol. The van der Waals surface area contributed by atoms with Crippen molar-refractivity contribution in [1.82, 2.24) is 9.62 Å². The third-order valence-corrected chi connectivity index (χ3v) is 4.71. The van der Waals surface area contributed by atoms with Crippen molar-refractivity contribution in [1.29, 1.82) is 0 Å². The zero-order valence-electron chi connectivity index (χ0n) is 11.3. The largest absolute Gasteiger partial charge is 0.316 e. The molecule has 0 amide bonds. The van der Waals surface area contributed by atoms with Crippen LogP contribution in [-0.4, -0.2) is 38.6 Å². The first kappa shape index (κ1) is 15.1. The van der Waals surface area contributed by atoms with Crippen molar-refractivity contribution < 1.29 is 8.42 Å². The van der Waals surface area contributed by atoms with Gasteiger partial charge in [-0.15, -0.1) is 0 Å². The maximum absolute atomic E-state index is 12.0. The van der Waals surface area contributed by atoms with Crippen molar-refractivity contribution in [2.75, 3.05) is 25.9 Å². The second-order valence-corrected chi connectivity index (χ2v) is 6.55. The van der Waals surface area contributed by atoms with Crippen molar-refractivity contribution in [2.45, 2.75) is 20.4 Å². The summed E-state index contributed by atoms with van der Waals surface area (Å²) in [4.78, 5) is 0. The summed E-state index contributed by atoms with van der Waals surface area (Å²) in [5.74, 6) is 0.142. The molecule has 1 aromatic rings. The molecule has 0 fully saturated rings. The fourth-order valence-corrected chi connectivity index (χ4v) is 2.71. The third kappa shape index (κ3) is 4.40. The van der Waals surface area contributed by atoms with Gasteiger partial charge < -0.3 is 5.32 Å². The molecule has 0 aromatic heterocycles. The number of benzene rings is 1. The first-order chi connectivity index (χ1) is 8.47. The van der Waals surface area contributed by atoms with Gasteiger partial charge >= 0.3 is 0 Å². The van der Waals surface area contributed by atoms with Gasteiger partial charge in [0.25, 0.3) is 0 Å². The van der Waals surface area contributed by atoms with Gasteiger partial charge in [0, 0.05) is 20.1 Å². The number of aryl methyl sites for hydroxylation is 1. The van der Waals surface area contributed by atoms with Gasteiger partial charge in [0.2, 0.25) is 10.0 Å². The highest BCUT2D eigenvalue weighted by Crippen LogP contribution is 2.11. The maximum atomic E-state index is 12.0. The predicted octanol–water partition coefficient (Wildman–Crippen LogP) is 1.37. The summed E-state index contributed by atoms with van der Waals surface area (Å²) in [7, 11) is -1.54. The topological polar surface area (TPSA) is 49.4 Å². The van der Waals surface area contributed by atoms with Crippen LogP contribution < -0.4 is 5.32 Å². The number of nitrogens with zero attached hydrogens (tertiary/aromatic N) is 1. The van der Waals surface area contributed by atoms with Gasteiger partial charge in [-0.1, -0.05) is 31.2 Å². The van der Waals surface area contributed by atoms with Gasteiger partial charge in [0.1, 0.15) is 0 Å². The highest BCUT2D eigenvalue weighted by atomic mass is 32.2. The van der Waals surface area contributed by atoms with Gasteiger partial charge in [-0.05, 0) is 24.6 Å². The summed E-state index contributed by atoms with van der Waals surface area (Å²) in [6.45, 7) is 5.67. The van der Waals surface area contributed by atoms with E-state index in [1.165, 1.54) is 4.31 Å². The molecule has 0 heterocycles. The van der Waals surface area contributed by atoms with E-state index in [2.05, 4.69) is 5.32 Å². The summed E-state index contributed by atoms with van der Waals surface area (Å²) >= 11 is 0. The molecule has 0 radical (unpaired) electrons. The van der Waals surface area contributed by atoms with Gasteiger partial charge in [0.05, 0.1) is 5.75 Å². The molecule has 1 aromatic carbocycles. The van der Waals surface area contributed by atoms with E-state index in [4.69, 9.17) is 0 Å². The first-order valence-corrected chi connectivity index (χ1v) is 7.77. The fraction of sp³-hybridized carbons (Fsp3) is 0.538. The molecule has 102 valence electrons. The van der Waals surface area contributed by atoms with Crippen LogP contribution in [0.1, 0.15) is 18.1 Å². The average molecular weight is 270 g/mol.